The van der Waals surface area contributed by atoms with Gasteiger partial charge in [0.05, 0.1) is 29.7 Å². The maximum Gasteiger partial charge on any atom is 0.321 e. The van der Waals surface area contributed by atoms with Crippen LogP contribution in [0.1, 0.15) is 56.7 Å². The number of fused-ring (bicyclic) bond motifs is 4. The Labute approximate surface area is 349 Å². The van der Waals surface area contributed by atoms with Crippen LogP contribution >= 0.6 is 55.1 Å². The molecule has 2 N–H and O–H groups in total. The molecule has 5 aromatic rings. The SMILES string of the molecule is Clc1ccc2c(c1)CCc1cc(Br)cnc1C2N1CCNCC1.O=C(Nc1cccnc1)N1CCN(C2c3ccc(Cl)cc3CCc3cc(Br)ccc32)CC1. The van der Waals surface area contributed by atoms with E-state index in [1.807, 2.05) is 35.4 Å². The Bertz CT molecular complexity index is 2050. The Kier molecular flexibility index (Phi) is 12.2. The first-order chi connectivity index (χ1) is 26.8. The van der Waals surface area contributed by atoms with E-state index in [1.165, 1.54) is 44.6 Å². The number of halogens is 4. The van der Waals surface area contributed by atoms with Gasteiger partial charge in [0.1, 0.15) is 0 Å². The first-order valence-corrected chi connectivity index (χ1v) is 21.3. The van der Waals surface area contributed by atoms with E-state index in [1.54, 1.807) is 12.4 Å². The Balaban J connectivity index is 0.000000164. The zero-order valence-electron chi connectivity index (χ0n) is 30.5. The van der Waals surface area contributed by atoms with E-state index in [9.17, 15) is 4.79 Å². The standard InChI is InChI=1S/C25H24BrClN4O.C18H19BrClN3/c26-19-5-7-22-17(14-19)3-4-18-15-20(27)6-8-23(18)24(22)30-10-12-31(13-11-30)25(32)29-21-2-1-9-28-16-21;19-14-9-13-2-1-12-10-15(20)3-4-16(12)18(17(13)22-11-14)23-7-5-21-6-8-23/h1-2,5-9,14-16,24H,3-4,10-13H2,(H,29,32);3-4,9-11,18,21H,1-2,5-8H2. The number of aromatic nitrogens is 2. The number of piperazine rings is 2. The molecule has 0 radical (unpaired) electrons. The van der Waals surface area contributed by atoms with Crippen LogP contribution in [0.25, 0.3) is 0 Å². The van der Waals surface area contributed by atoms with Crippen LogP contribution < -0.4 is 10.6 Å². The van der Waals surface area contributed by atoms with Crippen LogP contribution in [0, 0.1) is 0 Å². The highest BCUT2D eigenvalue weighted by Crippen LogP contribution is 2.40. The molecule has 2 amide bonds. The number of hydrogen-bond donors (Lipinski definition) is 2. The van der Waals surface area contributed by atoms with E-state index in [4.69, 9.17) is 28.2 Å². The number of carbonyl (C=O) groups excluding carboxylic acids is 1. The molecule has 3 aromatic carbocycles. The Hall–Kier alpha value is -3.35. The highest BCUT2D eigenvalue weighted by atomic mass is 79.9. The molecule has 8 nitrogen and oxygen atoms in total. The lowest BCUT2D eigenvalue weighted by Gasteiger charge is -2.40. The van der Waals surface area contributed by atoms with Crippen molar-refractivity contribution in [2.45, 2.75) is 37.8 Å². The highest BCUT2D eigenvalue weighted by Gasteiger charge is 2.33. The van der Waals surface area contributed by atoms with Gasteiger partial charge in [0, 0.05) is 83.7 Å². The third-order valence-electron chi connectivity index (χ3n) is 11.1. The second-order valence-corrected chi connectivity index (χ2v) is 17.2. The molecule has 2 aromatic heterocycles. The van der Waals surface area contributed by atoms with Gasteiger partial charge in [-0.1, -0.05) is 57.3 Å². The van der Waals surface area contributed by atoms with Gasteiger partial charge in [0.25, 0.3) is 0 Å². The number of urea groups is 1. The van der Waals surface area contributed by atoms with Crippen LogP contribution in [0.3, 0.4) is 0 Å². The van der Waals surface area contributed by atoms with Crippen molar-refractivity contribution in [1.29, 1.82) is 0 Å². The zero-order chi connectivity index (χ0) is 37.9. The van der Waals surface area contributed by atoms with Gasteiger partial charge in [0.2, 0.25) is 0 Å². The van der Waals surface area contributed by atoms with Crippen LogP contribution in [0.5, 0.6) is 0 Å². The minimum atomic E-state index is -0.0740. The Morgan fingerprint density at radius 2 is 1.25 bits per heavy atom. The minimum Gasteiger partial charge on any atom is -0.322 e. The molecule has 2 atom stereocenters. The molecular formula is C43H43Br2Cl2N7O. The molecule has 0 saturated carbocycles. The molecule has 284 valence electrons. The normalized spacial score (nSPS) is 19.7. The lowest BCUT2D eigenvalue weighted by atomic mass is 9.92. The molecule has 12 heteroatoms. The van der Waals surface area contributed by atoms with E-state index < -0.39 is 0 Å². The van der Waals surface area contributed by atoms with Crippen LogP contribution in [0.4, 0.5) is 10.5 Å². The van der Waals surface area contributed by atoms with E-state index in [0.29, 0.717) is 18.8 Å². The summed E-state index contributed by atoms with van der Waals surface area (Å²) >= 11 is 19.8. The number of anilines is 1. The quantitative estimate of drug-likeness (QED) is 0.188. The molecule has 0 spiro atoms. The summed E-state index contributed by atoms with van der Waals surface area (Å²) in [6.07, 6.45) is 9.28. The first kappa shape index (κ1) is 38.5. The highest BCUT2D eigenvalue weighted by molar-refractivity contribution is 9.10. The number of hydrogen-bond acceptors (Lipinski definition) is 6. The van der Waals surface area contributed by atoms with Gasteiger partial charge in [-0.2, -0.15) is 0 Å². The minimum absolute atomic E-state index is 0.0740. The number of nitrogens with one attached hydrogen (secondary N) is 2. The number of rotatable bonds is 3. The van der Waals surface area contributed by atoms with Gasteiger partial charge < -0.3 is 15.5 Å². The number of carbonyl (C=O) groups is 1. The molecule has 55 heavy (non-hydrogen) atoms. The summed E-state index contributed by atoms with van der Waals surface area (Å²) in [5, 5.41) is 8.00. The summed E-state index contributed by atoms with van der Waals surface area (Å²) in [6.45, 7) is 7.13. The smallest absolute Gasteiger partial charge is 0.321 e. The van der Waals surface area contributed by atoms with Crippen LogP contribution in [-0.2, 0) is 25.7 Å². The van der Waals surface area contributed by atoms with Gasteiger partial charge in [-0.05, 0) is 135 Å². The van der Waals surface area contributed by atoms with Crippen molar-refractivity contribution in [2.24, 2.45) is 0 Å². The molecule has 2 saturated heterocycles. The third kappa shape index (κ3) is 8.81. The van der Waals surface area contributed by atoms with Gasteiger partial charge in [-0.15, -0.1) is 0 Å². The summed E-state index contributed by atoms with van der Waals surface area (Å²) in [5.74, 6) is 0. The van der Waals surface area contributed by atoms with Gasteiger partial charge >= 0.3 is 6.03 Å². The largest absolute Gasteiger partial charge is 0.322 e. The second kappa shape index (κ2) is 17.4. The monoisotopic (exact) mass is 901 g/mol. The van der Waals surface area contributed by atoms with Crippen molar-refractivity contribution in [3.05, 3.63) is 155 Å². The number of pyridine rings is 2. The molecule has 2 unspecified atom stereocenters. The lowest BCUT2D eigenvalue weighted by molar-refractivity contribution is 0.126. The van der Waals surface area contributed by atoms with Gasteiger partial charge in [0.15, 0.2) is 0 Å². The van der Waals surface area contributed by atoms with Crippen molar-refractivity contribution in [2.75, 3.05) is 57.7 Å². The average Bonchev–Trinajstić information content (AvgIpc) is 3.46. The van der Waals surface area contributed by atoms with Crippen LogP contribution in [0.2, 0.25) is 10.0 Å². The molecule has 4 aliphatic rings. The fourth-order valence-corrected chi connectivity index (χ4v) is 9.67. The summed E-state index contributed by atoms with van der Waals surface area (Å²) in [6, 6.07) is 25.5. The predicted octanol–water partition coefficient (Wildman–Crippen LogP) is 9.13. The molecular weight excluding hydrogens is 861 g/mol. The number of benzene rings is 3. The number of aryl methyl sites for hydroxylation is 4. The molecule has 2 fully saturated rings. The van der Waals surface area contributed by atoms with E-state index in [0.717, 1.165) is 83.9 Å². The van der Waals surface area contributed by atoms with E-state index >= 15 is 0 Å². The predicted molar refractivity (Wildman–Crippen MR) is 228 cm³/mol. The molecule has 2 aliphatic heterocycles. The topological polar surface area (TPSA) is 76.6 Å². The number of amides is 2. The van der Waals surface area contributed by atoms with Crippen molar-refractivity contribution in [3.63, 3.8) is 0 Å². The van der Waals surface area contributed by atoms with Crippen LogP contribution in [-0.4, -0.2) is 83.1 Å². The van der Waals surface area contributed by atoms with Crippen molar-refractivity contribution >= 4 is 66.8 Å². The Morgan fingerprint density at radius 3 is 1.91 bits per heavy atom. The fraction of sp³-hybridized carbons (Fsp3) is 0.326. The van der Waals surface area contributed by atoms with Crippen molar-refractivity contribution < 1.29 is 4.79 Å². The van der Waals surface area contributed by atoms with Crippen LogP contribution in [0.15, 0.2) is 100 Å². The third-order valence-corrected chi connectivity index (χ3v) is 12.5. The van der Waals surface area contributed by atoms with Gasteiger partial charge in [-0.25, -0.2) is 4.79 Å². The number of nitrogens with zero attached hydrogens (tertiary/aromatic N) is 5. The molecule has 2 aliphatic carbocycles. The summed E-state index contributed by atoms with van der Waals surface area (Å²) < 4.78 is 2.16. The Morgan fingerprint density at radius 1 is 0.673 bits per heavy atom. The second-order valence-electron chi connectivity index (χ2n) is 14.5. The summed E-state index contributed by atoms with van der Waals surface area (Å²) in [4.78, 5) is 28.5. The van der Waals surface area contributed by atoms with E-state index in [2.05, 4.69) is 106 Å². The lowest BCUT2D eigenvalue weighted by Crippen LogP contribution is -2.51. The summed E-state index contributed by atoms with van der Waals surface area (Å²) in [7, 11) is 0. The maximum absolute atomic E-state index is 12.7. The van der Waals surface area contributed by atoms with Crippen molar-refractivity contribution in [3.8, 4) is 0 Å². The molecule has 9 rings (SSSR count). The van der Waals surface area contributed by atoms with Gasteiger partial charge in [-0.3, -0.25) is 19.8 Å². The fourth-order valence-electron chi connectivity index (χ4n) is 8.49. The van der Waals surface area contributed by atoms with Crippen molar-refractivity contribution in [1.82, 2.24) is 30.0 Å². The first-order valence-electron chi connectivity index (χ1n) is 18.9. The summed E-state index contributed by atoms with van der Waals surface area (Å²) in [5.41, 5.74) is 11.3. The van der Waals surface area contributed by atoms with E-state index in [-0.39, 0.29) is 18.1 Å². The zero-order valence-corrected chi connectivity index (χ0v) is 35.1. The maximum atomic E-state index is 12.7. The average molecular weight is 905 g/mol. The molecule has 0 bridgehead atoms. The molecule has 4 heterocycles.